The Bertz CT molecular complexity index is 510. The van der Waals surface area contributed by atoms with Gasteiger partial charge in [-0.25, -0.2) is 0 Å². The fraction of sp³-hybridized carbons (Fsp3) is 0.333. The summed E-state index contributed by atoms with van der Waals surface area (Å²) in [6.07, 6.45) is 4.80. The highest BCUT2D eigenvalue weighted by Gasteiger charge is 2.10. The van der Waals surface area contributed by atoms with Gasteiger partial charge < -0.3 is 10.4 Å². The average molecular weight is 269 g/mol. The van der Waals surface area contributed by atoms with Crippen LogP contribution in [0.4, 0.5) is 5.69 Å². The smallest absolute Gasteiger partial charge is 0.117 e. The second kappa shape index (κ2) is 7.59. The molecule has 2 aromatic rings. The van der Waals surface area contributed by atoms with E-state index < -0.39 is 0 Å². The molecule has 2 heteroatoms. The molecule has 0 saturated heterocycles. The standard InChI is InChI=1S/C18H23NO/c1-2-3-5-13-18(15-9-6-4-7-10-15)19-16-11-8-12-17(20)14-16/h4,6-12,14,18-20H,2-3,5,13H2,1H3. The molecular weight excluding hydrogens is 246 g/mol. The van der Waals surface area contributed by atoms with Gasteiger partial charge in [-0.1, -0.05) is 62.6 Å². The summed E-state index contributed by atoms with van der Waals surface area (Å²) in [5, 5.41) is 13.1. The molecule has 2 N–H and O–H groups in total. The number of hydrogen-bond acceptors (Lipinski definition) is 2. The third-order valence-electron chi connectivity index (χ3n) is 3.49. The number of phenols is 1. The molecule has 0 spiro atoms. The number of benzene rings is 2. The first kappa shape index (κ1) is 14.4. The van der Waals surface area contributed by atoms with E-state index in [1.165, 1.54) is 24.8 Å². The summed E-state index contributed by atoms with van der Waals surface area (Å²) in [6.45, 7) is 2.22. The monoisotopic (exact) mass is 269 g/mol. The molecule has 0 radical (unpaired) electrons. The van der Waals surface area contributed by atoms with Gasteiger partial charge in [0.15, 0.2) is 0 Å². The lowest BCUT2D eigenvalue weighted by Crippen LogP contribution is -2.10. The number of unbranched alkanes of at least 4 members (excludes halogenated alkanes) is 2. The molecule has 0 fully saturated rings. The highest BCUT2D eigenvalue weighted by molar-refractivity contribution is 5.49. The van der Waals surface area contributed by atoms with Gasteiger partial charge in [0.1, 0.15) is 5.75 Å². The zero-order chi connectivity index (χ0) is 14.2. The van der Waals surface area contributed by atoms with Crippen LogP contribution in [0.2, 0.25) is 0 Å². The molecule has 0 saturated carbocycles. The molecule has 106 valence electrons. The van der Waals surface area contributed by atoms with Gasteiger partial charge in [-0.05, 0) is 24.1 Å². The quantitative estimate of drug-likeness (QED) is 0.683. The first-order valence-corrected chi connectivity index (χ1v) is 7.40. The van der Waals surface area contributed by atoms with Crippen molar-refractivity contribution in [1.82, 2.24) is 0 Å². The van der Waals surface area contributed by atoms with E-state index in [4.69, 9.17) is 0 Å². The third-order valence-corrected chi connectivity index (χ3v) is 3.49. The van der Waals surface area contributed by atoms with Crippen LogP contribution < -0.4 is 5.32 Å². The lowest BCUT2D eigenvalue weighted by atomic mass is 10.00. The first-order valence-electron chi connectivity index (χ1n) is 7.40. The van der Waals surface area contributed by atoms with Crippen LogP contribution in [0, 0.1) is 0 Å². The second-order valence-electron chi connectivity index (χ2n) is 5.15. The normalized spacial score (nSPS) is 12.1. The Kier molecular flexibility index (Phi) is 5.48. The van der Waals surface area contributed by atoms with E-state index >= 15 is 0 Å². The van der Waals surface area contributed by atoms with E-state index in [0.717, 1.165) is 12.1 Å². The molecule has 1 atom stereocenters. The maximum Gasteiger partial charge on any atom is 0.117 e. The minimum absolute atomic E-state index is 0.296. The van der Waals surface area contributed by atoms with Crippen LogP contribution >= 0.6 is 0 Å². The summed E-state index contributed by atoms with van der Waals surface area (Å²) in [7, 11) is 0. The fourth-order valence-electron chi connectivity index (χ4n) is 2.40. The van der Waals surface area contributed by atoms with Crippen molar-refractivity contribution in [3.63, 3.8) is 0 Å². The molecule has 2 nitrogen and oxygen atoms in total. The van der Waals surface area contributed by atoms with E-state index in [0.29, 0.717) is 11.8 Å². The van der Waals surface area contributed by atoms with Crippen LogP contribution in [-0.4, -0.2) is 5.11 Å². The van der Waals surface area contributed by atoms with Crippen molar-refractivity contribution < 1.29 is 5.11 Å². The summed E-state index contributed by atoms with van der Waals surface area (Å²) in [4.78, 5) is 0. The Morgan fingerprint density at radius 1 is 1.00 bits per heavy atom. The average Bonchev–Trinajstić information content (AvgIpc) is 2.47. The molecule has 0 aliphatic heterocycles. The summed E-state index contributed by atoms with van der Waals surface area (Å²) < 4.78 is 0. The van der Waals surface area contributed by atoms with E-state index in [2.05, 4.69) is 36.5 Å². The maximum absolute atomic E-state index is 9.57. The summed E-state index contributed by atoms with van der Waals surface area (Å²) in [5.74, 6) is 0.301. The number of anilines is 1. The van der Waals surface area contributed by atoms with Crippen molar-refractivity contribution in [2.24, 2.45) is 0 Å². The number of hydrogen-bond donors (Lipinski definition) is 2. The topological polar surface area (TPSA) is 32.3 Å². The minimum atomic E-state index is 0.296. The van der Waals surface area contributed by atoms with E-state index in [1.54, 1.807) is 12.1 Å². The van der Waals surface area contributed by atoms with Crippen LogP contribution in [-0.2, 0) is 0 Å². The van der Waals surface area contributed by atoms with Crippen LogP contribution in [0.3, 0.4) is 0 Å². The molecule has 0 aliphatic rings. The van der Waals surface area contributed by atoms with Crippen molar-refractivity contribution in [1.29, 1.82) is 0 Å². The molecule has 0 amide bonds. The Labute approximate surface area is 121 Å². The Morgan fingerprint density at radius 2 is 1.80 bits per heavy atom. The SMILES string of the molecule is CCCCCC(Nc1cccc(O)c1)c1ccccc1. The molecule has 0 heterocycles. The first-order chi connectivity index (χ1) is 9.79. The van der Waals surface area contributed by atoms with Crippen molar-refractivity contribution in [3.8, 4) is 5.75 Å². The zero-order valence-corrected chi connectivity index (χ0v) is 12.0. The molecule has 20 heavy (non-hydrogen) atoms. The molecule has 1 unspecified atom stereocenters. The van der Waals surface area contributed by atoms with E-state index in [-0.39, 0.29) is 0 Å². The Hall–Kier alpha value is -1.96. The lowest BCUT2D eigenvalue weighted by molar-refractivity contribution is 0.475. The summed E-state index contributed by atoms with van der Waals surface area (Å²) in [6, 6.07) is 18.1. The highest BCUT2D eigenvalue weighted by atomic mass is 16.3. The molecule has 0 bridgehead atoms. The van der Waals surface area contributed by atoms with Gasteiger partial charge in [0, 0.05) is 11.8 Å². The largest absolute Gasteiger partial charge is 0.508 e. The van der Waals surface area contributed by atoms with Gasteiger partial charge >= 0.3 is 0 Å². The fourth-order valence-corrected chi connectivity index (χ4v) is 2.40. The van der Waals surface area contributed by atoms with Gasteiger partial charge in [-0.2, -0.15) is 0 Å². The van der Waals surface area contributed by atoms with Crippen molar-refractivity contribution in [2.45, 2.75) is 38.6 Å². The molecule has 0 aromatic heterocycles. The van der Waals surface area contributed by atoms with E-state index in [9.17, 15) is 5.11 Å². The van der Waals surface area contributed by atoms with E-state index in [1.807, 2.05) is 18.2 Å². The van der Waals surface area contributed by atoms with Gasteiger partial charge in [0.25, 0.3) is 0 Å². The lowest BCUT2D eigenvalue weighted by Gasteiger charge is -2.20. The van der Waals surface area contributed by atoms with Crippen LogP contribution in [0.1, 0.15) is 44.2 Å². The highest BCUT2D eigenvalue weighted by Crippen LogP contribution is 2.26. The second-order valence-corrected chi connectivity index (χ2v) is 5.15. The summed E-state index contributed by atoms with van der Waals surface area (Å²) in [5.41, 5.74) is 2.27. The van der Waals surface area contributed by atoms with Gasteiger partial charge in [0.05, 0.1) is 6.04 Å². The minimum Gasteiger partial charge on any atom is -0.508 e. The zero-order valence-electron chi connectivity index (χ0n) is 12.0. The van der Waals surface area contributed by atoms with Crippen LogP contribution in [0.5, 0.6) is 5.75 Å². The van der Waals surface area contributed by atoms with Crippen molar-refractivity contribution in [2.75, 3.05) is 5.32 Å². The predicted octanol–water partition coefficient (Wildman–Crippen LogP) is 5.13. The third kappa shape index (κ3) is 4.30. The Morgan fingerprint density at radius 3 is 2.50 bits per heavy atom. The van der Waals surface area contributed by atoms with Crippen molar-refractivity contribution in [3.05, 3.63) is 60.2 Å². The molecular formula is C18H23NO. The van der Waals surface area contributed by atoms with Crippen molar-refractivity contribution >= 4 is 5.69 Å². The van der Waals surface area contributed by atoms with Crippen LogP contribution in [0.25, 0.3) is 0 Å². The number of aromatic hydroxyl groups is 1. The van der Waals surface area contributed by atoms with Gasteiger partial charge in [-0.15, -0.1) is 0 Å². The maximum atomic E-state index is 9.57. The van der Waals surface area contributed by atoms with Gasteiger partial charge in [-0.3, -0.25) is 0 Å². The van der Waals surface area contributed by atoms with Crippen LogP contribution in [0.15, 0.2) is 54.6 Å². The molecule has 2 rings (SSSR count). The Balaban J connectivity index is 2.10. The van der Waals surface area contributed by atoms with Gasteiger partial charge in [0.2, 0.25) is 0 Å². The number of rotatable bonds is 7. The molecule has 0 aliphatic carbocycles. The molecule has 2 aromatic carbocycles. The number of nitrogens with one attached hydrogen (secondary N) is 1. The summed E-state index contributed by atoms with van der Waals surface area (Å²) >= 11 is 0. The number of phenolic OH excluding ortho intramolecular Hbond substituents is 1. The predicted molar refractivity (Wildman–Crippen MR) is 85.1 cm³/mol.